The fraction of sp³-hybridized carbons (Fsp3) is 0.473. The Hall–Kier alpha value is -10.4. The molecule has 706 valence electrons. The number of fused-ring (bicyclic) bond motifs is 19. The lowest BCUT2D eigenvalue weighted by Gasteiger charge is -2.59. The van der Waals surface area contributed by atoms with Gasteiger partial charge in [-0.05, 0) is 197 Å². The predicted molar refractivity (Wildman–Crippen MR) is 499 cm³/mol. The number of nitrogen functional groups attached to an aromatic ring is 2. The van der Waals surface area contributed by atoms with Crippen molar-refractivity contribution in [2.45, 2.75) is 218 Å². The number of aryl methyl sites for hydroxylation is 1. The van der Waals surface area contributed by atoms with Gasteiger partial charge in [0.05, 0.1) is 36.6 Å². The van der Waals surface area contributed by atoms with Crippen molar-refractivity contribution in [2.75, 3.05) is 31.3 Å². The van der Waals surface area contributed by atoms with Crippen molar-refractivity contribution in [3.63, 3.8) is 0 Å². The normalized spacial score (nSPS) is 37.1. The van der Waals surface area contributed by atoms with Crippen molar-refractivity contribution in [1.82, 2.24) is 0 Å². The van der Waals surface area contributed by atoms with E-state index in [4.69, 9.17) is 30.4 Å². The fourth-order valence-electron chi connectivity index (χ4n) is 28.1. The van der Waals surface area contributed by atoms with Crippen molar-refractivity contribution >= 4 is 69.7 Å². The van der Waals surface area contributed by atoms with Crippen molar-refractivity contribution < 1.29 is 108 Å². The Labute approximate surface area is 781 Å². The largest absolute Gasteiger partial charge is 0.399 e. The number of anilines is 2. The molecule has 0 bridgehead atoms. The van der Waals surface area contributed by atoms with Gasteiger partial charge in [0.1, 0.15) is 26.1 Å². The molecule has 0 aromatic heterocycles. The van der Waals surface area contributed by atoms with Gasteiger partial charge in [-0.3, -0.25) is 47.9 Å². The Morgan fingerprint density at radius 2 is 0.776 bits per heavy atom. The average molecular weight is 1830 g/mol. The summed E-state index contributed by atoms with van der Waals surface area (Å²) < 4.78 is 26.4. The molecule has 0 amide bonds. The number of carbonyl (C=O) groups excluding carboxylic acids is 10. The lowest BCUT2D eigenvalue weighted by molar-refractivity contribution is -0.201. The molecule has 0 spiro atoms. The molecular formula is C110H124N2O22. The lowest BCUT2D eigenvalue weighted by atomic mass is 9.46. The third-order valence-corrected chi connectivity index (χ3v) is 34.3. The molecule has 20 rings (SSSR count). The first kappa shape index (κ1) is 96.7. The van der Waals surface area contributed by atoms with Crippen LogP contribution in [0, 0.1) is 92.7 Å². The molecule has 12 N–H and O–H groups in total. The Morgan fingerprint density at radius 3 is 1.12 bits per heavy atom. The number of hydrogen-bond donors (Lipinski definition) is 10. The molecule has 24 nitrogen and oxygen atoms in total. The first-order valence-corrected chi connectivity index (χ1v) is 46.7. The van der Waals surface area contributed by atoms with Crippen LogP contribution >= 0.6 is 0 Å². The molecule has 2 saturated heterocycles. The highest BCUT2D eigenvalue weighted by atomic mass is 16.8. The number of aliphatic hydroxyl groups is 8. The zero-order valence-electron chi connectivity index (χ0n) is 76.1. The molecular weight excluding hydrogens is 1700 g/mol. The quantitative estimate of drug-likeness (QED) is 0.0217. The number of ether oxygens (including phenoxy) is 4. The standard InChI is InChI=1S/2C36H39NO7.C21H28O6.C16H14O2.CH4/c2*1-34-13-12-25(39)16-23(34)10-11-26-27-17-31-36(30(42)19-38,35(27,2)18-29(41)32(26)34)44-33(43-31)22-8-6-21(7-9-22)28(40)15-20-4-3-5-24(37)14-20;1-19-6-5-12(23)7-11(19)3-4-13-14-8-16(25)21(27,17(26)10-22)20(14,2)9-15(24)18(13)19;1-12-3-2-4-14(9-12)10-16(18)15-7-5-13(11-17)6-8-15;/h2*3-9,12-14,16,26-27,29,31-33,38,41H,10-11,15,17-19,37H2,1-2H3;5-7,13-16,18,22,24-25,27H,3-4,8-10H2,1-2H3;2-9,11H,10H2,1H3;1H4/t26-,27-,29-,31+,32+,33+,34-,35-,36+;26-,27-,29-,31+,32+,33-,34-,35-,36+;13-,14-,15-,16+,18+,19-,20-,21-;;/m000../s1. The third kappa shape index (κ3) is 16.0. The van der Waals surface area contributed by atoms with E-state index in [1.54, 1.807) is 140 Å². The van der Waals surface area contributed by atoms with Gasteiger partial charge >= 0.3 is 0 Å². The summed E-state index contributed by atoms with van der Waals surface area (Å²) in [6.07, 6.45) is 17.7. The molecule has 134 heavy (non-hydrogen) atoms. The van der Waals surface area contributed by atoms with Crippen LogP contribution in [0.25, 0.3) is 0 Å². The monoisotopic (exact) mass is 1820 g/mol. The number of benzene rings is 6. The van der Waals surface area contributed by atoms with Crippen molar-refractivity contribution in [3.8, 4) is 0 Å². The van der Waals surface area contributed by atoms with Gasteiger partial charge in [-0.15, -0.1) is 0 Å². The summed E-state index contributed by atoms with van der Waals surface area (Å²) in [6.45, 7) is 11.9. The van der Waals surface area contributed by atoms with Crippen molar-refractivity contribution in [3.05, 3.63) is 273 Å². The van der Waals surface area contributed by atoms with Crippen LogP contribution in [0.1, 0.15) is 213 Å². The first-order chi connectivity index (χ1) is 63.3. The summed E-state index contributed by atoms with van der Waals surface area (Å²) in [7, 11) is 0. The average Bonchev–Trinajstić information content (AvgIpc) is 1.51. The maximum atomic E-state index is 13.7. The second-order valence-corrected chi connectivity index (χ2v) is 41.3. The molecule has 2 aliphatic heterocycles. The molecule has 2 heterocycles. The Bertz CT molecular complexity index is 5630. The fourth-order valence-corrected chi connectivity index (χ4v) is 28.1. The second-order valence-electron chi connectivity index (χ2n) is 41.3. The molecule has 0 unspecified atom stereocenters. The number of nitrogens with two attached hydrogens (primary N) is 2. The minimum atomic E-state index is -2.05. The van der Waals surface area contributed by atoms with Gasteiger partial charge in [-0.2, -0.15) is 0 Å². The van der Waals surface area contributed by atoms with E-state index in [0.29, 0.717) is 76.9 Å². The number of aliphatic hydroxyl groups excluding tert-OH is 7. The van der Waals surface area contributed by atoms with Gasteiger partial charge in [0.2, 0.25) is 0 Å². The van der Waals surface area contributed by atoms with Gasteiger partial charge in [0, 0.05) is 114 Å². The molecule has 11 fully saturated rings. The van der Waals surface area contributed by atoms with E-state index in [0.717, 1.165) is 83.8 Å². The summed E-state index contributed by atoms with van der Waals surface area (Å²) >= 11 is 0. The Balaban J connectivity index is 0.000000136. The summed E-state index contributed by atoms with van der Waals surface area (Å²) in [5.41, 5.74) is 14.9. The summed E-state index contributed by atoms with van der Waals surface area (Å²) in [5.74, 6) is -1.97. The predicted octanol–water partition coefficient (Wildman–Crippen LogP) is 13.0. The van der Waals surface area contributed by atoms with Crippen molar-refractivity contribution in [1.29, 1.82) is 0 Å². The van der Waals surface area contributed by atoms with Gasteiger partial charge in [0.25, 0.3) is 0 Å². The number of Topliss-reactive ketones (excluding diaryl/α,β-unsaturated/α-hetero) is 6. The number of rotatable bonds is 18. The number of carbonyl (C=O) groups is 10. The number of ketones is 9. The highest BCUT2D eigenvalue weighted by Crippen LogP contribution is 2.74. The van der Waals surface area contributed by atoms with Crippen LogP contribution in [0.3, 0.4) is 0 Å². The topological polar surface area (TPSA) is 422 Å². The number of allylic oxidation sites excluding steroid dienone is 12. The minimum absolute atomic E-state index is 0. The molecule has 6 aromatic rings. The first-order valence-electron chi connectivity index (χ1n) is 46.7. The van der Waals surface area contributed by atoms with Crippen LogP contribution in [-0.2, 0) is 67.0 Å². The smallest absolute Gasteiger partial charge is 0.193 e. The van der Waals surface area contributed by atoms with E-state index in [1.165, 1.54) is 0 Å². The van der Waals surface area contributed by atoms with E-state index < -0.39 is 136 Å². The second kappa shape index (κ2) is 36.6. The van der Waals surface area contributed by atoms with Crippen LogP contribution in [-0.4, -0.2) is 172 Å². The number of hydrogen-bond acceptors (Lipinski definition) is 24. The summed E-state index contributed by atoms with van der Waals surface area (Å²) in [4.78, 5) is 124. The maximum absolute atomic E-state index is 13.7. The summed E-state index contributed by atoms with van der Waals surface area (Å²) in [6, 6.07) is 43.3. The minimum Gasteiger partial charge on any atom is -0.399 e. The zero-order valence-corrected chi connectivity index (χ0v) is 76.1. The third-order valence-electron chi connectivity index (χ3n) is 34.3. The maximum Gasteiger partial charge on any atom is 0.193 e. The molecule has 14 aliphatic rings. The number of aldehydes is 1. The van der Waals surface area contributed by atoms with Crippen LogP contribution in [0.15, 0.2) is 217 Å². The van der Waals surface area contributed by atoms with Gasteiger partial charge in [0.15, 0.2) is 81.4 Å². The van der Waals surface area contributed by atoms with Crippen molar-refractivity contribution in [2.24, 2.45) is 85.8 Å². The SMILES string of the molecule is C.C[C@]12C=CC(=O)C=C1CC[C@@H]1[C@@H]2[C@@H](O)C[C@@]2(C)[C@H]1C[C@@H](O)[C@]2(O)C(=O)CO.C[C@]12C=CC(=O)C=C1CC[C@@H]1[C@@H]2[C@@H](O)C[C@@]2(C)[C@H]1C[C@H]1O[C@@H](c3ccc(C(=O)Cc4cccc(N)c4)cc3)O[C@]12C(=O)CO.C[C@]12C=CC(=O)C=C1CC[C@@H]1[C@@H]2[C@@H](O)C[C@@]2(C)[C@H]1C[C@H]1O[C@H](c3ccc(C(=O)Cc4cccc(N)c4)cc3)O[C@]12C(=O)CO.Cc1cccc(CC(=O)c2ccc(C=O)cc2)c1. The van der Waals surface area contributed by atoms with Gasteiger partial charge < -0.3 is 71.3 Å². The summed E-state index contributed by atoms with van der Waals surface area (Å²) in [5, 5.41) is 86.4. The van der Waals surface area contributed by atoms with E-state index >= 15 is 0 Å². The Kier molecular flexibility index (Phi) is 26.4. The van der Waals surface area contributed by atoms with E-state index in [1.807, 2.05) is 94.5 Å². The van der Waals surface area contributed by atoms with Crippen LogP contribution in [0.4, 0.5) is 11.4 Å². The molecule has 26 atom stereocenters. The van der Waals surface area contributed by atoms with Crippen LogP contribution < -0.4 is 11.5 Å². The molecule has 24 heteroatoms. The molecule has 6 aromatic carbocycles. The van der Waals surface area contributed by atoms with E-state index in [2.05, 4.69) is 13.8 Å². The zero-order chi connectivity index (χ0) is 94.8. The molecule has 12 aliphatic carbocycles. The van der Waals surface area contributed by atoms with Gasteiger partial charge in [-0.1, -0.05) is 211 Å². The van der Waals surface area contributed by atoms with E-state index in [9.17, 15) is 88.8 Å². The highest BCUT2D eigenvalue weighted by Gasteiger charge is 2.79. The van der Waals surface area contributed by atoms with Crippen LogP contribution in [0.2, 0.25) is 0 Å². The Morgan fingerprint density at radius 1 is 0.440 bits per heavy atom. The van der Waals surface area contributed by atoms with Crippen LogP contribution in [0.5, 0.6) is 0 Å². The van der Waals surface area contributed by atoms with E-state index in [-0.39, 0.29) is 121 Å². The lowest BCUT2D eigenvalue weighted by Crippen LogP contribution is -2.63. The molecule has 0 radical (unpaired) electrons. The van der Waals surface area contributed by atoms with Gasteiger partial charge in [-0.25, -0.2) is 0 Å². The molecule has 9 saturated carbocycles. The highest BCUT2D eigenvalue weighted by molar-refractivity contribution is 6.03.